The molecule has 5 heteroatoms. The van der Waals surface area contributed by atoms with Gasteiger partial charge in [0.05, 0.1) is 23.0 Å². The molecule has 5 nitrogen and oxygen atoms in total. The summed E-state index contributed by atoms with van der Waals surface area (Å²) in [5.74, 6) is 1.64. The zero-order chi connectivity index (χ0) is 21.3. The van der Waals surface area contributed by atoms with Gasteiger partial charge in [-0.15, -0.1) is 0 Å². The maximum Gasteiger partial charge on any atom is 0.252 e. The van der Waals surface area contributed by atoms with Gasteiger partial charge in [0.2, 0.25) is 0 Å². The van der Waals surface area contributed by atoms with Crippen LogP contribution in [0, 0.1) is 17.8 Å². The Bertz CT molecular complexity index is 1020. The van der Waals surface area contributed by atoms with Crippen molar-refractivity contribution in [2.45, 2.75) is 52.5 Å². The maximum atomic E-state index is 12.2. The summed E-state index contributed by atoms with van der Waals surface area (Å²) in [6, 6.07) is 12.6. The van der Waals surface area contributed by atoms with E-state index in [9.17, 15) is 4.79 Å². The van der Waals surface area contributed by atoms with Crippen molar-refractivity contribution < 1.29 is 4.79 Å². The summed E-state index contributed by atoms with van der Waals surface area (Å²) in [6.07, 6.45) is 8.36. The Morgan fingerprint density at radius 2 is 1.97 bits per heavy atom. The van der Waals surface area contributed by atoms with Gasteiger partial charge in [-0.1, -0.05) is 51.1 Å². The van der Waals surface area contributed by atoms with Crippen molar-refractivity contribution in [1.82, 2.24) is 9.61 Å². The number of hydrogen-bond acceptors (Lipinski definition) is 3. The Morgan fingerprint density at radius 1 is 1.20 bits per heavy atom. The van der Waals surface area contributed by atoms with Crippen molar-refractivity contribution in [3.8, 4) is 11.1 Å². The van der Waals surface area contributed by atoms with E-state index in [1.807, 2.05) is 28.9 Å². The monoisotopic (exact) mass is 404 g/mol. The molecular weight excluding hydrogens is 372 g/mol. The Labute approximate surface area is 178 Å². The number of nitrogens with zero attached hydrogens (tertiary/aromatic N) is 2. The van der Waals surface area contributed by atoms with E-state index in [2.05, 4.69) is 49.4 Å². The second kappa shape index (κ2) is 8.50. The summed E-state index contributed by atoms with van der Waals surface area (Å²) in [5.41, 5.74) is 10.1. The van der Waals surface area contributed by atoms with Gasteiger partial charge in [0, 0.05) is 17.8 Å². The van der Waals surface area contributed by atoms with Crippen LogP contribution in [0.4, 0.5) is 5.69 Å². The molecule has 0 radical (unpaired) electrons. The van der Waals surface area contributed by atoms with Gasteiger partial charge in [-0.2, -0.15) is 5.10 Å². The second-order valence-corrected chi connectivity index (χ2v) is 9.37. The van der Waals surface area contributed by atoms with Crippen molar-refractivity contribution in [2.75, 3.05) is 5.32 Å². The number of nitrogens with one attached hydrogen (secondary N) is 1. The summed E-state index contributed by atoms with van der Waals surface area (Å²) in [6.45, 7) is 6.93. The lowest BCUT2D eigenvalue weighted by atomic mass is 9.76. The second-order valence-electron chi connectivity index (χ2n) is 9.37. The summed E-state index contributed by atoms with van der Waals surface area (Å²) in [5, 5.41) is 8.16. The van der Waals surface area contributed by atoms with Crippen molar-refractivity contribution in [1.29, 1.82) is 0 Å². The highest BCUT2D eigenvalue weighted by Gasteiger charge is 2.28. The van der Waals surface area contributed by atoms with Gasteiger partial charge in [-0.3, -0.25) is 4.79 Å². The average Bonchev–Trinajstić information content (AvgIpc) is 3.12. The SMILES string of the molecule is CC(C)CC1CC(C)CC(Nc2c(C(N)=O)cnn3cc(-c4ccccc4)cc23)C1. The molecule has 1 fully saturated rings. The van der Waals surface area contributed by atoms with Crippen molar-refractivity contribution in [3.05, 3.63) is 54.4 Å². The predicted molar refractivity (Wildman–Crippen MR) is 123 cm³/mol. The smallest absolute Gasteiger partial charge is 0.252 e. The lowest BCUT2D eigenvalue weighted by molar-refractivity contribution is 0.100. The van der Waals surface area contributed by atoms with Crippen molar-refractivity contribution in [2.24, 2.45) is 23.5 Å². The van der Waals surface area contributed by atoms with Gasteiger partial charge in [-0.25, -0.2) is 4.52 Å². The van der Waals surface area contributed by atoms with Crippen LogP contribution in [0.2, 0.25) is 0 Å². The molecule has 2 heterocycles. The van der Waals surface area contributed by atoms with E-state index in [1.165, 1.54) is 12.8 Å². The van der Waals surface area contributed by atoms with E-state index in [0.717, 1.165) is 35.2 Å². The fourth-order valence-corrected chi connectivity index (χ4v) is 5.11. The molecule has 3 unspecified atom stereocenters. The largest absolute Gasteiger partial charge is 0.380 e. The molecule has 30 heavy (non-hydrogen) atoms. The van der Waals surface area contributed by atoms with E-state index in [4.69, 9.17) is 5.73 Å². The topological polar surface area (TPSA) is 72.4 Å². The molecule has 0 spiro atoms. The number of anilines is 1. The van der Waals surface area contributed by atoms with E-state index < -0.39 is 5.91 Å². The van der Waals surface area contributed by atoms with Gasteiger partial charge in [0.1, 0.15) is 0 Å². The van der Waals surface area contributed by atoms with Crippen LogP contribution < -0.4 is 11.1 Å². The van der Waals surface area contributed by atoms with Gasteiger partial charge in [-0.05, 0) is 55.1 Å². The summed E-state index contributed by atoms with van der Waals surface area (Å²) < 4.78 is 1.84. The third-order valence-electron chi connectivity index (χ3n) is 6.20. The van der Waals surface area contributed by atoms with Gasteiger partial charge < -0.3 is 11.1 Å². The number of aromatic nitrogens is 2. The molecule has 2 aromatic heterocycles. The van der Waals surface area contributed by atoms with Crippen LogP contribution in [0.25, 0.3) is 16.6 Å². The molecule has 3 N–H and O–H groups in total. The number of fused-ring (bicyclic) bond motifs is 1. The molecule has 1 aliphatic rings. The molecule has 1 saturated carbocycles. The molecular formula is C25H32N4O. The number of rotatable bonds is 6. The van der Waals surface area contributed by atoms with Crippen LogP contribution in [0.5, 0.6) is 0 Å². The first-order valence-electron chi connectivity index (χ1n) is 11.0. The van der Waals surface area contributed by atoms with E-state index in [-0.39, 0.29) is 0 Å². The van der Waals surface area contributed by atoms with Crippen LogP contribution in [-0.2, 0) is 0 Å². The van der Waals surface area contributed by atoms with Crippen LogP contribution in [0.3, 0.4) is 0 Å². The normalized spacial score (nSPS) is 21.8. The lowest BCUT2D eigenvalue weighted by Gasteiger charge is -2.35. The Kier molecular flexibility index (Phi) is 5.80. The number of carbonyl (C=O) groups is 1. The highest BCUT2D eigenvalue weighted by Crippen LogP contribution is 2.36. The van der Waals surface area contributed by atoms with Crippen LogP contribution in [-0.4, -0.2) is 21.6 Å². The number of carbonyl (C=O) groups excluding carboxylic acids is 1. The fourth-order valence-electron chi connectivity index (χ4n) is 5.11. The molecule has 3 aromatic rings. The number of nitrogens with two attached hydrogens (primary N) is 1. The number of benzene rings is 1. The molecule has 3 atom stereocenters. The lowest BCUT2D eigenvalue weighted by Crippen LogP contribution is -2.33. The first-order valence-corrected chi connectivity index (χ1v) is 11.0. The summed E-state index contributed by atoms with van der Waals surface area (Å²) in [4.78, 5) is 12.2. The van der Waals surface area contributed by atoms with Crippen LogP contribution in [0.1, 0.15) is 56.8 Å². The highest BCUT2D eigenvalue weighted by molar-refractivity contribution is 6.02. The number of hydrogen-bond donors (Lipinski definition) is 2. The van der Waals surface area contributed by atoms with Gasteiger partial charge in [0.25, 0.3) is 5.91 Å². The average molecular weight is 405 g/mol. The third kappa shape index (κ3) is 4.35. The zero-order valence-electron chi connectivity index (χ0n) is 18.1. The fraction of sp³-hybridized carbons (Fsp3) is 0.440. The first-order chi connectivity index (χ1) is 14.4. The standard InChI is InChI=1S/C25H32N4O/c1-16(2)9-18-10-17(3)11-21(12-18)28-24-22(25(26)30)14-27-29-15-20(13-23(24)29)19-7-5-4-6-8-19/h4-8,13-18,21,28H,9-12H2,1-3H3,(H2,26,30). The predicted octanol–water partition coefficient (Wildman–Crippen LogP) is 5.36. The minimum atomic E-state index is -0.447. The van der Waals surface area contributed by atoms with Crippen LogP contribution >= 0.6 is 0 Å². The summed E-state index contributed by atoms with van der Waals surface area (Å²) in [7, 11) is 0. The minimum Gasteiger partial charge on any atom is -0.380 e. The molecule has 1 amide bonds. The molecule has 0 aliphatic heterocycles. The number of primary amides is 1. The maximum absolute atomic E-state index is 12.2. The first kappa shape index (κ1) is 20.5. The molecule has 0 saturated heterocycles. The van der Waals surface area contributed by atoms with Gasteiger partial charge in [0.15, 0.2) is 0 Å². The van der Waals surface area contributed by atoms with Crippen molar-refractivity contribution >= 4 is 17.1 Å². The highest BCUT2D eigenvalue weighted by atomic mass is 16.1. The molecule has 0 bridgehead atoms. The van der Waals surface area contributed by atoms with Gasteiger partial charge >= 0.3 is 0 Å². The number of amides is 1. The van der Waals surface area contributed by atoms with E-state index in [1.54, 1.807) is 6.20 Å². The Hall–Kier alpha value is -2.82. The third-order valence-corrected chi connectivity index (χ3v) is 6.20. The summed E-state index contributed by atoms with van der Waals surface area (Å²) >= 11 is 0. The Morgan fingerprint density at radius 3 is 2.67 bits per heavy atom. The van der Waals surface area contributed by atoms with E-state index in [0.29, 0.717) is 29.4 Å². The molecule has 4 rings (SSSR count). The molecule has 1 aliphatic carbocycles. The Balaban J connectivity index is 1.70. The molecule has 158 valence electrons. The zero-order valence-corrected chi connectivity index (χ0v) is 18.1. The minimum absolute atomic E-state index is 0.330. The molecule has 1 aromatic carbocycles. The van der Waals surface area contributed by atoms with Crippen molar-refractivity contribution in [3.63, 3.8) is 0 Å². The van der Waals surface area contributed by atoms with Crippen LogP contribution in [0.15, 0.2) is 48.8 Å². The van der Waals surface area contributed by atoms with E-state index >= 15 is 0 Å². The quantitative estimate of drug-likeness (QED) is 0.581.